The number of carbonyl (C=O) groups is 3. The molecule has 0 aliphatic heterocycles. The molecule has 0 aliphatic rings. The molecule has 0 saturated heterocycles. The molecular weight excluding hydrogens is 397 g/mol. The molecule has 0 heterocycles. The number of benzene rings is 1. The summed E-state index contributed by atoms with van der Waals surface area (Å²) in [7, 11) is 3.92. The molecule has 0 atom stereocenters. The van der Waals surface area contributed by atoms with Crippen molar-refractivity contribution >= 4 is 18.0 Å². The summed E-state index contributed by atoms with van der Waals surface area (Å²) in [5, 5.41) is 18.5. The van der Waals surface area contributed by atoms with Crippen LogP contribution in [0.1, 0.15) is 13.8 Å². The molecule has 0 aliphatic carbocycles. The minimum atomic E-state index is -1.26. The van der Waals surface area contributed by atoms with E-state index in [1.165, 1.54) is 12.1 Å². The van der Waals surface area contributed by atoms with Gasteiger partial charge in [0.1, 0.15) is 18.2 Å². The predicted molar refractivity (Wildman–Crippen MR) is 110 cm³/mol. The molecule has 3 N–H and O–H groups in total. The number of likely N-dealkylation sites (N-methyl/N-ethyl adjacent to an activating group) is 1. The van der Waals surface area contributed by atoms with Crippen LogP contribution in [0, 0.1) is 5.82 Å². The van der Waals surface area contributed by atoms with E-state index in [0.29, 0.717) is 37.6 Å². The van der Waals surface area contributed by atoms with Crippen LogP contribution in [0.15, 0.2) is 36.4 Å². The third-order valence-corrected chi connectivity index (χ3v) is 3.48. The van der Waals surface area contributed by atoms with Gasteiger partial charge in [-0.05, 0) is 40.1 Å². The van der Waals surface area contributed by atoms with Gasteiger partial charge in [0.25, 0.3) is 0 Å². The van der Waals surface area contributed by atoms with Crippen LogP contribution in [-0.2, 0) is 9.59 Å². The summed E-state index contributed by atoms with van der Waals surface area (Å²) in [5.41, 5.74) is 0. The lowest BCUT2D eigenvalue weighted by Gasteiger charge is -2.27. The second kappa shape index (κ2) is 14.8. The molecule has 0 unspecified atom stereocenters. The van der Waals surface area contributed by atoms with E-state index < -0.39 is 11.9 Å². The largest absolute Gasteiger partial charge is 0.492 e. The SMILES string of the molecule is CC(C)N(CCOc1cccc(F)c1)C(=O)NCCN(C)C.O=C(O)/C=C/C(=O)O. The quantitative estimate of drug-likeness (QED) is 0.488. The summed E-state index contributed by atoms with van der Waals surface area (Å²) < 4.78 is 18.5. The Hall–Kier alpha value is -3.14. The van der Waals surface area contributed by atoms with Gasteiger partial charge in [0.2, 0.25) is 0 Å². The zero-order chi connectivity index (χ0) is 23.1. The Morgan fingerprint density at radius 1 is 1.13 bits per heavy atom. The Morgan fingerprint density at radius 2 is 1.73 bits per heavy atom. The van der Waals surface area contributed by atoms with Gasteiger partial charge in [-0.1, -0.05) is 6.07 Å². The predicted octanol–water partition coefficient (Wildman–Crippen LogP) is 1.90. The van der Waals surface area contributed by atoms with Gasteiger partial charge >= 0.3 is 18.0 Å². The number of carboxylic acid groups (broad SMARTS) is 2. The molecule has 0 radical (unpaired) electrons. The average Bonchev–Trinajstić information content (AvgIpc) is 2.63. The molecule has 0 saturated carbocycles. The number of urea groups is 1. The lowest BCUT2D eigenvalue weighted by Crippen LogP contribution is -2.47. The number of hydrogen-bond donors (Lipinski definition) is 3. The Balaban J connectivity index is 0.000000890. The number of rotatable bonds is 10. The minimum Gasteiger partial charge on any atom is -0.492 e. The van der Waals surface area contributed by atoms with Gasteiger partial charge in [0.15, 0.2) is 0 Å². The number of nitrogens with one attached hydrogen (secondary N) is 1. The molecule has 30 heavy (non-hydrogen) atoms. The maximum Gasteiger partial charge on any atom is 0.328 e. The number of nitrogens with zero attached hydrogens (tertiary/aromatic N) is 2. The van der Waals surface area contributed by atoms with Crippen molar-refractivity contribution in [3.8, 4) is 5.75 Å². The molecule has 10 heteroatoms. The van der Waals surface area contributed by atoms with E-state index in [0.717, 1.165) is 6.54 Å². The van der Waals surface area contributed by atoms with Crippen molar-refractivity contribution in [3.05, 3.63) is 42.2 Å². The van der Waals surface area contributed by atoms with Gasteiger partial charge in [-0.3, -0.25) is 0 Å². The summed E-state index contributed by atoms with van der Waals surface area (Å²) in [4.78, 5) is 35.0. The number of carbonyl (C=O) groups excluding carboxylic acids is 1. The summed E-state index contributed by atoms with van der Waals surface area (Å²) >= 11 is 0. The van der Waals surface area contributed by atoms with Crippen LogP contribution in [-0.4, -0.2) is 84.4 Å². The fourth-order valence-electron chi connectivity index (χ4n) is 2.04. The number of halogens is 1. The number of hydrogen-bond acceptors (Lipinski definition) is 5. The van der Waals surface area contributed by atoms with E-state index in [1.807, 2.05) is 32.8 Å². The molecule has 0 aromatic heterocycles. The number of amides is 2. The average molecular weight is 427 g/mol. The van der Waals surface area contributed by atoms with Crippen molar-refractivity contribution < 1.29 is 33.7 Å². The first-order valence-corrected chi connectivity index (χ1v) is 9.24. The van der Waals surface area contributed by atoms with E-state index in [-0.39, 0.29) is 17.9 Å². The molecule has 9 nitrogen and oxygen atoms in total. The van der Waals surface area contributed by atoms with Crippen molar-refractivity contribution in [2.24, 2.45) is 0 Å². The highest BCUT2D eigenvalue weighted by atomic mass is 19.1. The van der Waals surface area contributed by atoms with E-state index in [4.69, 9.17) is 14.9 Å². The molecule has 1 aromatic rings. The number of carboxylic acids is 2. The van der Waals surface area contributed by atoms with Crippen LogP contribution < -0.4 is 10.1 Å². The normalized spacial score (nSPS) is 10.5. The molecule has 0 spiro atoms. The van der Waals surface area contributed by atoms with Crippen molar-refractivity contribution in [1.29, 1.82) is 0 Å². The number of ether oxygens (including phenoxy) is 1. The Labute approximate surface area is 175 Å². The zero-order valence-electron chi connectivity index (χ0n) is 17.7. The second-order valence-electron chi connectivity index (χ2n) is 6.64. The second-order valence-corrected chi connectivity index (χ2v) is 6.64. The zero-order valence-corrected chi connectivity index (χ0v) is 17.7. The van der Waals surface area contributed by atoms with Crippen molar-refractivity contribution in [2.75, 3.05) is 40.3 Å². The fourth-order valence-corrected chi connectivity index (χ4v) is 2.04. The van der Waals surface area contributed by atoms with Gasteiger partial charge in [0.05, 0.1) is 6.54 Å². The molecular formula is C20H30FN3O6. The molecule has 168 valence electrons. The van der Waals surface area contributed by atoms with Crippen LogP contribution in [0.3, 0.4) is 0 Å². The molecule has 1 aromatic carbocycles. The van der Waals surface area contributed by atoms with E-state index >= 15 is 0 Å². The van der Waals surface area contributed by atoms with Gasteiger partial charge in [-0.15, -0.1) is 0 Å². The summed E-state index contributed by atoms with van der Waals surface area (Å²) in [6.45, 7) is 6.06. The standard InChI is InChI=1S/C16H26FN3O2.C4H4O4/c1-13(2)20(16(21)18-8-9-19(3)4)10-11-22-15-7-5-6-14(17)12-15;5-3(6)1-2-4(7)8/h5-7,12-13H,8-11H2,1-4H3,(H,18,21);1-2H,(H,5,6)(H,7,8)/b;2-1+. The van der Waals surface area contributed by atoms with Crippen molar-refractivity contribution in [3.63, 3.8) is 0 Å². The summed E-state index contributed by atoms with van der Waals surface area (Å²) in [5.74, 6) is -2.38. The van der Waals surface area contributed by atoms with E-state index in [2.05, 4.69) is 5.32 Å². The highest BCUT2D eigenvalue weighted by Gasteiger charge is 2.16. The fraction of sp³-hybridized carbons (Fsp3) is 0.450. The maximum absolute atomic E-state index is 13.1. The Morgan fingerprint density at radius 3 is 2.20 bits per heavy atom. The summed E-state index contributed by atoms with van der Waals surface area (Å²) in [6.07, 6.45) is 1.12. The van der Waals surface area contributed by atoms with Gasteiger partial charge in [0, 0.05) is 37.3 Å². The maximum atomic E-state index is 13.1. The topological polar surface area (TPSA) is 119 Å². The third kappa shape index (κ3) is 13.9. The highest BCUT2D eigenvalue weighted by Crippen LogP contribution is 2.12. The molecule has 0 fully saturated rings. The van der Waals surface area contributed by atoms with Crippen LogP contribution in [0.5, 0.6) is 5.75 Å². The van der Waals surface area contributed by atoms with Crippen LogP contribution >= 0.6 is 0 Å². The van der Waals surface area contributed by atoms with E-state index in [1.54, 1.807) is 17.0 Å². The number of aliphatic carboxylic acids is 2. The third-order valence-electron chi connectivity index (χ3n) is 3.48. The lowest BCUT2D eigenvalue weighted by molar-refractivity contribution is -0.134. The van der Waals surface area contributed by atoms with Crippen molar-refractivity contribution in [1.82, 2.24) is 15.1 Å². The lowest BCUT2D eigenvalue weighted by atomic mass is 10.3. The van der Waals surface area contributed by atoms with Crippen molar-refractivity contribution in [2.45, 2.75) is 19.9 Å². The monoisotopic (exact) mass is 427 g/mol. The Bertz CT molecular complexity index is 694. The first kappa shape index (κ1) is 26.9. The van der Waals surface area contributed by atoms with Crippen LogP contribution in [0.2, 0.25) is 0 Å². The van der Waals surface area contributed by atoms with Crippen LogP contribution in [0.4, 0.5) is 9.18 Å². The summed E-state index contributed by atoms with van der Waals surface area (Å²) in [6, 6.07) is 5.94. The molecule has 1 rings (SSSR count). The molecule has 0 bridgehead atoms. The van der Waals surface area contributed by atoms with Crippen LogP contribution in [0.25, 0.3) is 0 Å². The smallest absolute Gasteiger partial charge is 0.328 e. The first-order valence-electron chi connectivity index (χ1n) is 9.24. The Kier molecular flexibility index (Phi) is 13.3. The van der Waals surface area contributed by atoms with E-state index in [9.17, 15) is 18.8 Å². The first-order chi connectivity index (χ1) is 14.0. The molecule has 2 amide bonds. The van der Waals surface area contributed by atoms with Gasteiger partial charge < -0.3 is 30.1 Å². The van der Waals surface area contributed by atoms with Gasteiger partial charge in [-0.25, -0.2) is 18.8 Å². The minimum absolute atomic E-state index is 0.0652. The van der Waals surface area contributed by atoms with Gasteiger partial charge in [-0.2, -0.15) is 0 Å². The highest BCUT2D eigenvalue weighted by molar-refractivity contribution is 5.89.